The predicted molar refractivity (Wildman–Crippen MR) is 79.6 cm³/mol. The van der Waals surface area contributed by atoms with Crippen molar-refractivity contribution in [3.8, 4) is 5.75 Å². The Morgan fingerprint density at radius 2 is 2.05 bits per heavy atom. The van der Waals surface area contributed by atoms with E-state index in [2.05, 4.69) is 10.2 Å². The second-order valence-corrected chi connectivity index (χ2v) is 7.01. The first-order chi connectivity index (χ1) is 9.49. The van der Waals surface area contributed by atoms with Crippen molar-refractivity contribution in [2.24, 2.45) is 0 Å². The van der Waals surface area contributed by atoms with Gasteiger partial charge in [0.15, 0.2) is 0 Å². The summed E-state index contributed by atoms with van der Waals surface area (Å²) in [6.07, 6.45) is 0. The van der Waals surface area contributed by atoms with Gasteiger partial charge in [0.2, 0.25) is 10.0 Å². The monoisotopic (exact) mass is 299 g/mol. The molecule has 0 aromatic heterocycles. The second-order valence-electron chi connectivity index (χ2n) is 4.89. The molecule has 0 aliphatic carbocycles. The highest BCUT2D eigenvalue weighted by Crippen LogP contribution is 2.21. The quantitative estimate of drug-likeness (QED) is 0.804. The number of sulfonamides is 1. The zero-order chi connectivity index (χ0) is 14.6. The minimum absolute atomic E-state index is 0.0617. The van der Waals surface area contributed by atoms with Crippen LogP contribution in [-0.4, -0.2) is 63.9 Å². The number of piperazine rings is 1. The number of anilines is 1. The summed E-state index contributed by atoms with van der Waals surface area (Å²) in [7, 11) is -1.85. The fraction of sp³-hybridized carbons (Fsp3) is 0.538. The van der Waals surface area contributed by atoms with Crippen LogP contribution in [0.5, 0.6) is 5.75 Å². The van der Waals surface area contributed by atoms with Crippen molar-refractivity contribution in [2.45, 2.75) is 0 Å². The predicted octanol–water partition coefficient (Wildman–Crippen LogP) is 0.0634. The van der Waals surface area contributed by atoms with Crippen LogP contribution in [0.4, 0.5) is 5.69 Å². The third-order valence-electron chi connectivity index (χ3n) is 3.49. The molecule has 1 aliphatic heterocycles. The zero-order valence-electron chi connectivity index (χ0n) is 11.6. The maximum Gasteiger partial charge on any atom is 0.236 e. The van der Waals surface area contributed by atoms with Crippen LogP contribution in [0.2, 0.25) is 0 Å². The molecule has 6 nitrogen and oxygen atoms in total. The number of hydrogen-bond donors (Lipinski definition) is 2. The van der Waals surface area contributed by atoms with E-state index in [1.54, 1.807) is 12.1 Å². The molecule has 1 aliphatic rings. The van der Waals surface area contributed by atoms with E-state index in [1.165, 1.54) is 23.5 Å². The first-order valence-electron chi connectivity index (χ1n) is 6.68. The largest absolute Gasteiger partial charge is 0.508 e. The number of aromatic hydroxyl groups is 1. The van der Waals surface area contributed by atoms with E-state index in [4.69, 9.17) is 0 Å². The van der Waals surface area contributed by atoms with Gasteiger partial charge < -0.3 is 10.4 Å². The van der Waals surface area contributed by atoms with Crippen LogP contribution in [0.3, 0.4) is 0 Å². The lowest BCUT2D eigenvalue weighted by Crippen LogP contribution is -2.46. The molecular weight excluding hydrogens is 278 g/mol. The molecule has 1 aromatic carbocycles. The number of phenols is 1. The molecule has 2 rings (SSSR count). The van der Waals surface area contributed by atoms with Crippen LogP contribution in [0.15, 0.2) is 24.3 Å². The maximum absolute atomic E-state index is 12.3. The summed E-state index contributed by atoms with van der Waals surface area (Å²) >= 11 is 0. The maximum atomic E-state index is 12.3. The molecule has 112 valence electrons. The minimum atomic E-state index is -3.37. The summed E-state index contributed by atoms with van der Waals surface area (Å²) in [4.78, 5) is 2.14. The van der Waals surface area contributed by atoms with Gasteiger partial charge in [-0.2, -0.15) is 0 Å². The number of benzene rings is 1. The minimum Gasteiger partial charge on any atom is -0.508 e. The summed E-state index contributed by atoms with van der Waals surface area (Å²) in [5.41, 5.74) is 0.477. The van der Waals surface area contributed by atoms with Crippen LogP contribution in [-0.2, 0) is 10.0 Å². The topological polar surface area (TPSA) is 72.9 Å². The molecular formula is C13H21N3O3S. The molecule has 0 unspecified atom stereocenters. The van der Waals surface area contributed by atoms with E-state index in [-0.39, 0.29) is 11.5 Å². The summed E-state index contributed by atoms with van der Waals surface area (Å²) in [6, 6.07) is 6.27. The van der Waals surface area contributed by atoms with Crippen LogP contribution in [0.25, 0.3) is 0 Å². The Morgan fingerprint density at radius 3 is 2.70 bits per heavy atom. The van der Waals surface area contributed by atoms with E-state index < -0.39 is 10.0 Å². The van der Waals surface area contributed by atoms with E-state index in [0.717, 1.165) is 26.2 Å². The van der Waals surface area contributed by atoms with Crippen molar-refractivity contribution >= 4 is 15.7 Å². The average molecular weight is 299 g/mol. The second kappa shape index (κ2) is 6.43. The Balaban J connectivity index is 1.98. The van der Waals surface area contributed by atoms with E-state index in [9.17, 15) is 13.5 Å². The fourth-order valence-electron chi connectivity index (χ4n) is 2.17. The number of rotatable bonds is 5. The van der Waals surface area contributed by atoms with Crippen molar-refractivity contribution < 1.29 is 13.5 Å². The molecule has 0 saturated carbocycles. The molecule has 0 amide bonds. The lowest BCUT2D eigenvalue weighted by atomic mass is 10.3. The molecule has 20 heavy (non-hydrogen) atoms. The van der Waals surface area contributed by atoms with Crippen LogP contribution >= 0.6 is 0 Å². The van der Waals surface area contributed by atoms with Gasteiger partial charge in [0.25, 0.3) is 0 Å². The van der Waals surface area contributed by atoms with Gasteiger partial charge in [-0.1, -0.05) is 6.07 Å². The number of phenolic OH excluding ortho intramolecular Hbond substituents is 1. The van der Waals surface area contributed by atoms with Gasteiger partial charge >= 0.3 is 0 Å². The van der Waals surface area contributed by atoms with Gasteiger partial charge in [0.1, 0.15) is 5.75 Å². The Labute approximate surface area is 120 Å². The molecule has 0 spiro atoms. The van der Waals surface area contributed by atoms with Crippen molar-refractivity contribution in [1.29, 1.82) is 0 Å². The van der Waals surface area contributed by atoms with Crippen LogP contribution in [0.1, 0.15) is 0 Å². The van der Waals surface area contributed by atoms with Gasteiger partial charge in [0, 0.05) is 45.8 Å². The lowest BCUT2D eigenvalue weighted by Gasteiger charge is -2.28. The summed E-state index contributed by atoms with van der Waals surface area (Å²) in [5, 5.41) is 12.7. The molecule has 0 atom stereocenters. The van der Waals surface area contributed by atoms with Crippen molar-refractivity contribution in [3.05, 3.63) is 24.3 Å². The highest BCUT2D eigenvalue weighted by Gasteiger charge is 2.20. The third kappa shape index (κ3) is 3.84. The molecule has 0 bridgehead atoms. The Morgan fingerprint density at radius 1 is 1.35 bits per heavy atom. The number of nitrogens with one attached hydrogen (secondary N) is 1. The first-order valence-corrected chi connectivity index (χ1v) is 8.29. The molecule has 1 aromatic rings. The van der Waals surface area contributed by atoms with E-state index in [0.29, 0.717) is 12.2 Å². The molecule has 0 radical (unpaired) electrons. The SMILES string of the molecule is CN(c1cccc(O)c1)S(=O)(=O)CCN1CCNCC1. The van der Waals surface area contributed by atoms with Gasteiger partial charge in [-0.3, -0.25) is 9.21 Å². The molecule has 1 saturated heterocycles. The zero-order valence-corrected chi connectivity index (χ0v) is 12.4. The van der Waals surface area contributed by atoms with Crippen LogP contribution in [0, 0.1) is 0 Å². The number of nitrogens with zero attached hydrogens (tertiary/aromatic N) is 2. The molecule has 1 heterocycles. The van der Waals surface area contributed by atoms with Crippen LogP contribution < -0.4 is 9.62 Å². The fourth-order valence-corrected chi connectivity index (χ4v) is 3.36. The molecule has 1 fully saturated rings. The summed E-state index contributed by atoms with van der Waals surface area (Å²) in [6.45, 7) is 4.11. The summed E-state index contributed by atoms with van der Waals surface area (Å²) in [5.74, 6) is 0.144. The number of hydrogen-bond acceptors (Lipinski definition) is 5. The highest BCUT2D eigenvalue weighted by molar-refractivity contribution is 7.92. The van der Waals surface area contributed by atoms with Gasteiger partial charge in [-0.15, -0.1) is 0 Å². The van der Waals surface area contributed by atoms with Gasteiger partial charge in [-0.05, 0) is 12.1 Å². The van der Waals surface area contributed by atoms with E-state index in [1.807, 2.05) is 0 Å². The molecule has 7 heteroatoms. The normalized spacial score (nSPS) is 17.1. The first kappa shape index (κ1) is 15.1. The Hall–Kier alpha value is -1.31. The van der Waals surface area contributed by atoms with Gasteiger partial charge in [0.05, 0.1) is 11.4 Å². The average Bonchev–Trinajstić information content (AvgIpc) is 2.45. The van der Waals surface area contributed by atoms with Crippen molar-refractivity contribution in [1.82, 2.24) is 10.2 Å². The van der Waals surface area contributed by atoms with Gasteiger partial charge in [-0.25, -0.2) is 8.42 Å². The Bertz CT molecular complexity index is 542. The third-order valence-corrected chi connectivity index (χ3v) is 5.23. The van der Waals surface area contributed by atoms with Crippen molar-refractivity contribution in [2.75, 3.05) is 49.8 Å². The lowest BCUT2D eigenvalue weighted by molar-refractivity contribution is 0.254. The highest BCUT2D eigenvalue weighted by atomic mass is 32.2. The van der Waals surface area contributed by atoms with Crippen molar-refractivity contribution in [3.63, 3.8) is 0 Å². The summed E-state index contributed by atoms with van der Waals surface area (Å²) < 4.78 is 25.8. The van der Waals surface area contributed by atoms with E-state index >= 15 is 0 Å². The molecule has 2 N–H and O–H groups in total. The Kier molecular flexibility index (Phi) is 4.85. The standard InChI is InChI=1S/C13H21N3O3S/c1-15(12-3-2-4-13(17)11-12)20(18,19)10-9-16-7-5-14-6-8-16/h2-4,11,14,17H,5-10H2,1H3. The smallest absolute Gasteiger partial charge is 0.236 e.